The quantitative estimate of drug-likeness (QED) is 0.246. The first kappa shape index (κ1) is 31.3. The molecule has 12 nitrogen and oxygen atoms in total. The molecule has 12 heteroatoms. The summed E-state index contributed by atoms with van der Waals surface area (Å²) in [6, 6.07) is 13.5. The Labute approximate surface area is 226 Å². The van der Waals surface area contributed by atoms with Crippen molar-refractivity contribution >= 4 is 17.9 Å². The highest BCUT2D eigenvalue weighted by molar-refractivity contribution is 5.88. The molecule has 0 aromatic heterocycles. The van der Waals surface area contributed by atoms with Crippen LogP contribution in [0.1, 0.15) is 36.8 Å². The van der Waals surface area contributed by atoms with Gasteiger partial charge >= 0.3 is 17.9 Å². The molecule has 0 aliphatic carbocycles. The SMILES string of the molecule is COc1ccc(CN(Cc2ccccc2OC)CC2CCCO2)c(O)c1.O=C(O)CC(O)(CC(=O)O)C(=O)O. The van der Waals surface area contributed by atoms with Gasteiger partial charge < -0.3 is 39.7 Å². The number of hydrogen-bond acceptors (Lipinski definition) is 9. The van der Waals surface area contributed by atoms with Crippen molar-refractivity contribution in [2.45, 2.75) is 50.5 Å². The third-order valence-electron chi connectivity index (χ3n) is 6.04. The largest absolute Gasteiger partial charge is 0.507 e. The lowest BCUT2D eigenvalue weighted by Crippen LogP contribution is -2.42. The van der Waals surface area contributed by atoms with Gasteiger partial charge in [0.2, 0.25) is 0 Å². The highest BCUT2D eigenvalue weighted by atomic mass is 16.5. The number of aliphatic hydroxyl groups is 1. The fraction of sp³-hybridized carbons (Fsp3) is 0.444. The fourth-order valence-corrected chi connectivity index (χ4v) is 4.10. The van der Waals surface area contributed by atoms with Crippen LogP contribution in [-0.4, -0.2) is 87.4 Å². The minimum atomic E-state index is -2.74. The van der Waals surface area contributed by atoms with E-state index in [1.807, 2.05) is 30.3 Å². The maximum atomic E-state index is 10.3. The predicted molar refractivity (Wildman–Crippen MR) is 138 cm³/mol. The maximum absolute atomic E-state index is 10.3. The lowest BCUT2D eigenvalue weighted by atomic mass is 9.96. The Morgan fingerprint density at radius 2 is 1.62 bits per heavy atom. The number of rotatable bonds is 13. The van der Waals surface area contributed by atoms with Crippen molar-refractivity contribution in [3.8, 4) is 17.2 Å². The molecule has 1 fully saturated rings. The van der Waals surface area contributed by atoms with E-state index in [0.29, 0.717) is 12.3 Å². The summed E-state index contributed by atoms with van der Waals surface area (Å²) < 4.78 is 16.5. The molecular weight excluding hydrogens is 514 g/mol. The van der Waals surface area contributed by atoms with Gasteiger partial charge in [0.1, 0.15) is 17.2 Å². The summed E-state index contributed by atoms with van der Waals surface area (Å²) in [5.74, 6) is -3.23. The molecule has 0 amide bonds. The number of aromatic hydroxyl groups is 1. The first-order valence-electron chi connectivity index (χ1n) is 12.2. The number of benzene rings is 2. The third-order valence-corrected chi connectivity index (χ3v) is 6.04. The topological polar surface area (TPSA) is 183 Å². The molecule has 1 saturated heterocycles. The lowest BCUT2D eigenvalue weighted by molar-refractivity contribution is -0.170. The molecule has 214 valence electrons. The number of methoxy groups -OCH3 is 2. The predicted octanol–water partition coefficient (Wildman–Crippen LogP) is 2.34. The van der Waals surface area contributed by atoms with Crippen LogP contribution in [0.25, 0.3) is 0 Å². The zero-order chi connectivity index (χ0) is 29.0. The Morgan fingerprint density at radius 3 is 2.13 bits per heavy atom. The van der Waals surface area contributed by atoms with Crippen LogP contribution >= 0.6 is 0 Å². The van der Waals surface area contributed by atoms with E-state index in [1.165, 1.54) is 0 Å². The van der Waals surface area contributed by atoms with Crippen molar-refractivity contribution in [2.24, 2.45) is 0 Å². The van der Waals surface area contributed by atoms with Gasteiger partial charge in [-0.1, -0.05) is 24.3 Å². The number of nitrogens with zero attached hydrogens (tertiary/aromatic N) is 1. The van der Waals surface area contributed by atoms with Gasteiger partial charge in [-0.25, -0.2) is 4.79 Å². The van der Waals surface area contributed by atoms with E-state index >= 15 is 0 Å². The van der Waals surface area contributed by atoms with Crippen LogP contribution in [0.3, 0.4) is 0 Å². The van der Waals surface area contributed by atoms with E-state index < -0.39 is 36.4 Å². The van der Waals surface area contributed by atoms with Gasteiger partial charge in [-0.3, -0.25) is 14.5 Å². The van der Waals surface area contributed by atoms with E-state index in [1.54, 1.807) is 20.3 Å². The molecule has 1 atom stereocenters. The number of para-hydroxylation sites is 1. The highest BCUT2D eigenvalue weighted by Crippen LogP contribution is 2.27. The molecular formula is C27H35NO11. The number of carboxylic acid groups (broad SMARTS) is 3. The number of carbonyl (C=O) groups is 3. The number of phenolic OH excluding ortho intramolecular Hbond substituents is 1. The second-order valence-electron chi connectivity index (χ2n) is 9.09. The van der Waals surface area contributed by atoms with Crippen LogP contribution in [0.15, 0.2) is 42.5 Å². The number of hydrogen-bond donors (Lipinski definition) is 5. The minimum Gasteiger partial charge on any atom is -0.507 e. The number of ether oxygens (including phenoxy) is 3. The van der Waals surface area contributed by atoms with Crippen LogP contribution < -0.4 is 9.47 Å². The molecule has 1 aliphatic rings. The van der Waals surface area contributed by atoms with E-state index in [2.05, 4.69) is 11.0 Å². The van der Waals surface area contributed by atoms with Crippen LogP contribution in [0.5, 0.6) is 17.2 Å². The Balaban J connectivity index is 0.000000349. The van der Waals surface area contributed by atoms with Crippen molar-refractivity contribution in [1.29, 1.82) is 0 Å². The zero-order valence-electron chi connectivity index (χ0n) is 21.9. The van der Waals surface area contributed by atoms with Crippen molar-refractivity contribution in [3.05, 3.63) is 53.6 Å². The van der Waals surface area contributed by atoms with E-state index in [0.717, 1.165) is 49.4 Å². The third kappa shape index (κ3) is 10.1. The van der Waals surface area contributed by atoms with Crippen LogP contribution in [-0.2, 0) is 32.2 Å². The summed E-state index contributed by atoms with van der Waals surface area (Å²) in [6.07, 6.45) is 0.145. The second-order valence-corrected chi connectivity index (χ2v) is 9.09. The summed E-state index contributed by atoms with van der Waals surface area (Å²) in [7, 11) is 3.29. The molecule has 39 heavy (non-hydrogen) atoms. The van der Waals surface area contributed by atoms with Gasteiger partial charge in [-0.15, -0.1) is 0 Å². The Kier molecular flexibility index (Phi) is 12.0. The smallest absolute Gasteiger partial charge is 0.336 e. The van der Waals surface area contributed by atoms with E-state index in [4.69, 9.17) is 34.6 Å². The fourth-order valence-electron chi connectivity index (χ4n) is 4.10. The van der Waals surface area contributed by atoms with Crippen LogP contribution in [0.4, 0.5) is 0 Å². The molecule has 0 saturated carbocycles. The molecule has 0 spiro atoms. The first-order valence-corrected chi connectivity index (χ1v) is 12.2. The Morgan fingerprint density at radius 1 is 0.974 bits per heavy atom. The van der Waals surface area contributed by atoms with Gasteiger partial charge in [-0.05, 0) is 25.0 Å². The van der Waals surface area contributed by atoms with Gasteiger partial charge in [0.15, 0.2) is 5.60 Å². The van der Waals surface area contributed by atoms with Crippen LogP contribution in [0.2, 0.25) is 0 Å². The molecule has 1 heterocycles. The van der Waals surface area contributed by atoms with Crippen molar-refractivity contribution < 1.29 is 54.1 Å². The van der Waals surface area contributed by atoms with Gasteiger partial charge in [0, 0.05) is 43.4 Å². The van der Waals surface area contributed by atoms with Gasteiger partial charge in [0.05, 0.1) is 33.2 Å². The lowest BCUT2D eigenvalue weighted by Gasteiger charge is -2.26. The highest BCUT2D eigenvalue weighted by Gasteiger charge is 2.40. The molecule has 1 aliphatic heterocycles. The summed E-state index contributed by atoms with van der Waals surface area (Å²) in [5.41, 5.74) is -0.739. The number of carboxylic acids is 3. The molecule has 0 radical (unpaired) electrons. The maximum Gasteiger partial charge on any atom is 0.336 e. The summed E-state index contributed by atoms with van der Waals surface area (Å²) in [4.78, 5) is 32.8. The summed E-state index contributed by atoms with van der Waals surface area (Å²) >= 11 is 0. The first-order chi connectivity index (χ1) is 18.5. The van der Waals surface area contributed by atoms with Crippen molar-refractivity contribution in [1.82, 2.24) is 4.90 Å². The van der Waals surface area contributed by atoms with E-state index in [9.17, 15) is 19.5 Å². The molecule has 0 bridgehead atoms. The monoisotopic (exact) mass is 549 g/mol. The Bertz CT molecular complexity index is 1100. The molecule has 3 rings (SSSR count). The normalized spacial score (nSPS) is 14.8. The van der Waals surface area contributed by atoms with Gasteiger partial charge in [0.25, 0.3) is 0 Å². The standard InChI is InChI=1S/C21H27NO4.C6H8O7/c1-24-18-10-9-16(20(23)12-18)13-22(15-19-7-5-11-26-19)14-17-6-3-4-8-21(17)25-2;7-3(8)1-6(13,5(11)12)2-4(9)10/h3-4,6,8-10,12,19,23H,5,7,11,13-15H2,1-2H3;13H,1-2H2,(H,7,8)(H,9,10)(H,11,12). The van der Waals surface area contributed by atoms with E-state index in [-0.39, 0.29) is 11.9 Å². The summed E-state index contributed by atoms with van der Waals surface area (Å²) in [5, 5.41) is 44.1. The molecule has 2 aromatic carbocycles. The summed E-state index contributed by atoms with van der Waals surface area (Å²) in [6.45, 7) is 3.02. The number of aliphatic carboxylic acids is 3. The average molecular weight is 550 g/mol. The molecule has 1 unspecified atom stereocenters. The number of phenols is 1. The average Bonchev–Trinajstić information content (AvgIpc) is 3.38. The van der Waals surface area contributed by atoms with Crippen molar-refractivity contribution in [3.63, 3.8) is 0 Å². The Hall–Kier alpha value is -3.87. The van der Waals surface area contributed by atoms with Crippen LogP contribution in [0, 0.1) is 0 Å². The van der Waals surface area contributed by atoms with Crippen molar-refractivity contribution in [2.75, 3.05) is 27.4 Å². The van der Waals surface area contributed by atoms with Gasteiger partial charge in [-0.2, -0.15) is 0 Å². The molecule has 2 aromatic rings. The zero-order valence-corrected chi connectivity index (χ0v) is 21.9. The molecule has 5 N–H and O–H groups in total. The minimum absolute atomic E-state index is 0.241. The second kappa shape index (κ2) is 14.9.